The van der Waals surface area contributed by atoms with Crippen LogP contribution in [0.3, 0.4) is 0 Å². The number of methoxy groups -OCH3 is 2. The Morgan fingerprint density at radius 1 is 1.19 bits per heavy atom. The fourth-order valence-electron chi connectivity index (χ4n) is 4.01. The first-order valence-electron chi connectivity index (χ1n) is 9.95. The van der Waals surface area contributed by atoms with Crippen molar-refractivity contribution in [2.75, 3.05) is 32.6 Å². The van der Waals surface area contributed by atoms with Gasteiger partial charge in [0.05, 0.1) is 38.1 Å². The highest BCUT2D eigenvalue weighted by Crippen LogP contribution is 2.42. The predicted molar refractivity (Wildman–Crippen MR) is 121 cm³/mol. The highest BCUT2D eigenvalue weighted by atomic mass is 32.1. The molecule has 2 heterocycles. The largest absolute Gasteiger partial charge is 0.493 e. The number of benzene rings is 2. The van der Waals surface area contributed by atoms with Gasteiger partial charge >= 0.3 is 0 Å². The maximum Gasteiger partial charge on any atom is 0.238 e. The van der Waals surface area contributed by atoms with Crippen LogP contribution in [0.1, 0.15) is 27.6 Å². The van der Waals surface area contributed by atoms with Crippen molar-refractivity contribution in [2.24, 2.45) is 0 Å². The van der Waals surface area contributed by atoms with E-state index in [1.807, 2.05) is 29.6 Å². The fourth-order valence-corrected chi connectivity index (χ4v) is 4.89. The number of ether oxygens (including phenoxy) is 2. The molecule has 0 spiro atoms. The van der Waals surface area contributed by atoms with E-state index in [1.54, 1.807) is 43.8 Å². The van der Waals surface area contributed by atoms with Gasteiger partial charge in [-0.1, -0.05) is 18.2 Å². The lowest BCUT2D eigenvalue weighted by Gasteiger charge is -2.37. The quantitative estimate of drug-likeness (QED) is 0.630. The molecule has 7 heteroatoms. The minimum atomic E-state index is -0.145. The number of nitriles is 1. The zero-order valence-electron chi connectivity index (χ0n) is 17.4. The van der Waals surface area contributed by atoms with E-state index < -0.39 is 0 Å². The molecule has 1 aliphatic heterocycles. The number of para-hydroxylation sites is 1. The van der Waals surface area contributed by atoms with Gasteiger partial charge in [-0.15, -0.1) is 11.3 Å². The van der Waals surface area contributed by atoms with Crippen molar-refractivity contribution in [1.29, 1.82) is 5.26 Å². The number of hydrogen-bond donors (Lipinski definition) is 1. The summed E-state index contributed by atoms with van der Waals surface area (Å²) >= 11 is 1.67. The molecule has 0 saturated heterocycles. The molecule has 0 bridgehead atoms. The Balaban J connectivity index is 1.64. The van der Waals surface area contributed by atoms with E-state index in [-0.39, 0.29) is 18.5 Å². The Labute approximate surface area is 185 Å². The highest BCUT2D eigenvalue weighted by Gasteiger charge is 2.32. The van der Waals surface area contributed by atoms with Crippen LogP contribution in [0, 0.1) is 11.3 Å². The zero-order chi connectivity index (χ0) is 21.8. The summed E-state index contributed by atoms with van der Waals surface area (Å²) in [7, 11) is 3.27. The smallest absolute Gasteiger partial charge is 0.238 e. The molecule has 31 heavy (non-hydrogen) atoms. The second-order valence-electron chi connectivity index (χ2n) is 7.25. The number of nitrogens with zero attached hydrogens (tertiary/aromatic N) is 2. The molecule has 1 aromatic heterocycles. The Morgan fingerprint density at radius 3 is 2.68 bits per heavy atom. The van der Waals surface area contributed by atoms with E-state index in [4.69, 9.17) is 9.47 Å². The number of amides is 1. The first-order valence-corrected chi connectivity index (χ1v) is 10.8. The molecule has 158 valence electrons. The molecular formula is C24H23N3O3S. The second kappa shape index (κ2) is 9.21. The van der Waals surface area contributed by atoms with Crippen molar-refractivity contribution in [2.45, 2.75) is 12.5 Å². The topological polar surface area (TPSA) is 74.6 Å². The molecule has 0 unspecified atom stereocenters. The molecular weight excluding hydrogens is 410 g/mol. The number of hydrogen-bond acceptors (Lipinski definition) is 6. The highest BCUT2D eigenvalue weighted by molar-refractivity contribution is 7.10. The summed E-state index contributed by atoms with van der Waals surface area (Å²) in [6.07, 6.45) is 0.805. The van der Waals surface area contributed by atoms with E-state index in [9.17, 15) is 10.1 Å². The van der Waals surface area contributed by atoms with E-state index in [2.05, 4.69) is 22.4 Å². The monoisotopic (exact) mass is 433 g/mol. The Kier molecular flexibility index (Phi) is 6.21. The molecule has 4 rings (SSSR count). The standard InChI is InChI=1S/C24H23N3O3S/c1-29-20-12-16-9-10-27(15-23(28)26-19-7-4-3-6-17(19)14-25)24(22-8-5-11-31-22)18(16)13-21(20)30-2/h3-8,11-13,24H,9-10,15H2,1-2H3,(H,26,28)/t24-/m0/s1. The summed E-state index contributed by atoms with van der Waals surface area (Å²) < 4.78 is 11.0. The van der Waals surface area contributed by atoms with Gasteiger partial charge in [0.2, 0.25) is 5.91 Å². The SMILES string of the molecule is COc1cc2c(cc1OC)[C@@H](c1cccs1)N(CC(=O)Nc1ccccc1C#N)CC2. The molecule has 0 aliphatic carbocycles. The van der Waals surface area contributed by atoms with Gasteiger partial charge in [-0.3, -0.25) is 9.69 Å². The average Bonchev–Trinajstić information content (AvgIpc) is 3.32. The number of rotatable bonds is 6. The van der Waals surface area contributed by atoms with Crippen LogP contribution in [-0.4, -0.2) is 38.1 Å². The summed E-state index contributed by atoms with van der Waals surface area (Å²) in [5.74, 6) is 1.25. The Bertz CT molecular complexity index is 1120. The van der Waals surface area contributed by atoms with Crippen LogP contribution in [0.15, 0.2) is 53.9 Å². The van der Waals surface area contributed by atoms with Gasteiger partial charge in [-0.05, 0) is 53.3 Å². The molecule has 6 nitrogen and oxygen atoms in total. The van der Waals surface area contributed by atoms with Crippen LogP contribution in [0.2, 0.25) is 0 Å². The van der Waals surface area contributed by atoms with Crippen LogP contribution >= 0.6 is 11.3 Å². The van der Waals surface area contributed by atoms with Crippen molar-refractivity contribution >= 4 is 22.9 Å². The van der Waals surface area contributed by atoms with Crippen LogP contribution in [-0.2, 0) is 11.2 Å². The minimum Gasteiger partial charge on any atom is -0.493 e. The van der Waals surface area contributed by atoms with Crippen molar-refractivity contribution in [3.8, 4) is 17.6 Å². The third kappa shape index (κ3) is 4.26. The number of fused-ring (bicyclic) bond motifs is 1. The zero-order valence-corrected chi connectivity index (χ0v) is 18.2. The van der Waals surface area contributed by atoms with Crippen LogP contribution in [0.5, 0.6) is 11.5 Å². The molecule has 1 amide bonds. The number of anilines is 1. The molecule has 2 aromatic carbocycles. The summed E-state index contributed by atoms with van der Waals surface area (Å²) in [4.78, 5) is 16.2. The number of thiophene rings is 1. The van der Waals surface area contributed by atoms with E-state index in [0.29, 0.717) is 22.7 Å². The number of nitrogens with one attached hydrogen (secondary N) is 1. The fraction of sp³-hybridized carbons (Fsp3) is 0.250. The van der Waals surface area contributed by atoms with E-state index >= 15 is 0 Å². The maximum absolute atomic E-state index is 12.9. The second-order valence-corrected chi connectivity index (χ2v) is 8.23. The molecule has 0 fully saturated rings. The molecule has 3 aromatic rings. The van der Waals surface area contributed by atoms with Gasteiger partial charge in [-0.25, -0.2) is 0 Å². The minimum absolute atomic E-state index is 0.0551. The van der Waals surface area contributed by atoms with Crippen LogP contribution in [0.4, 0.5) is 5.69 Å². The van der Waals surface area contributed by atoms with Gasteiger partial charge < -0.3 is 14.8 Å². The van der Waals surface area contributed by atoms with Crippen LogP contribution < -0.4 is 14.8 Å². The summed E-state index contributed by atoms with van der Waals surface area (Å²) in [6.45, 7) is 0.953. The molecule has 1 N–H and O–H groups in total. The lowest BCUT2D eigenvalue weighted by molar-refractivity contribution is -0.117. The van der Waals surface area contributed by atoms with Gasteiger partial charge in [0.1, 0.15) is 6.07 Å². The Hall–Kier alpha value is -3.34. The summed E-state index contributed by atoms with van der Waals surface area (Å²) in [6, 6.07) is 17.3. The average molecular weight is 434 g/mol. The normalized spacial score (nSPS) is 15.6. The molecule has 0 radical (unpaired) electrons. The maximum atomic E-state index is 12.9. The first-order chi connectivity index (χ1) is 15.1. The van der Waals surface area contributed by atoms with E-state index in [1.165, 1.54) is 10.4 Å². The van der Waals surface area contributed by atoms with E-state index in [0.717, 1.165) is 18.5 Å². The van der Waals surface area contributed by atoms with Gasteiger partial charge in [-0.2, -0.15) is 5.26 Å². The Morgan fingerprint density at radius 2 is 1.97 bits per heavy atom. The van der Waals surface area contributed by atoms with Gasteiger partial charge in [0, 0.05) is 11.4 Å². The third-order valence-corrected chi connectivity index (χ3v) is 6.38. The third-order valence-electron chi connectivity index (χ3n) is 5.45. The van der Waals surface area contributed by atoms with Gasteiger partial charge in [0.15, 0.2) is 11.5 Å². The lowest BCUT2D eigenvalue weighted by atomic mass is 9.91. The van der Waals surface area contributed by atoms with Crippen molar-refractivity contribution < 1.29 is 14.3 Å². The molecule has 0 saturated carbocycles. The van der Waals surface area contributed by atoms with Crippen molar-refractivity contribution in [1.82, 2.24) is 4.90 Å². The van der Waals surface area contributed by atoms with Gasteiger partial charge in [0.25, 0.3) is 0 Å². The molecule has 1 atom stereocenters. The first kappa shape index (κ1) is 20.9. The number of carbonyl (C=O) groups is 1. The predicted octanol–water partition coefficient (Wildman–Crippen LogP) is 4.22. The number of carbonyl (C=O) groups excluding carboxylic acids is 1. The summed E-state index contributed by atoms with van der Waals surface area (Å²) in [5.41, 5.74) is 3.30. The van der Waals surface area contributed by atoms with Crippen molar-refractivity contribution in [3.63, 3.8) is 0 Å². The lowest BCUT2D eigenvalue weighted by Crippen LogP contribution is -2.41. The van der Waals surface area contributed by atoms with Crippen LogP contribution in [0.25, 0.3) is 0 Å². The molecule has 1 aliphatic rings. The summed E-state index contributed by atoms with van der Waals surface area (Å²) in [5, 5.41) is 14.2. The van der Waals surface area contributed by atoms with Crippen molar-refractivity contribution in [3.05, 3.63) is 75.5 Å².